The van der Waals surface area contributed by atoms with Crippen molar-refractivity contribution in [2.45, 2.75) is 18.8 Å². The molecule has 5 heteroatoms. The number of aromatic amines is 1. The van der Waals surface area contributed by atoms with Gasteiger partial charge < -0.3 is 14.8 Å². The Morgan fingerprint density at radius 1 is 1.15 bits per heavy atom. The first-order chi connectivity index (χ1) is 9.92. The van der Waals surface area contributed by atoms with Crippen molar-refractivity contribution in [3.05, 3.63) is 36.4 Å². The second kappa shape index (κ2) is 4.76. The summed E-state index contributed by atoms with van der Waals surface area (Å²) in [6.07, 6.45) is 4.08. The molecule has 0 bridgehead atoms. The second-order valence-electron chi connectivity index (χ2n) is 5.23. The maximum absolute atomic E-state index is 5.47. The fourth-order valence-corrected chi connectivity index (χ4v) is 2.84. The Morgan fingerprint density at radius 3 is 2.90 bits per heavy atom. The Morgan fingerprint density at radius 2 is 2.00 bits per heavy atom. The third-order valence-electron chi connectivity index (χ3n) is 3.96. The fraction of sp³-hybridized carbons (Fsp3) is 0.333. The number of hydrogen-bond donors (Lipinski definition) is 2. The van der Waals surface area contributed by atoms with E-state index in [2.05, 4.69) is 26.5 Å². The van der Waals surface area contributed by atoms with Crippen LogP contribution in [0.15, 0.2) is 35.0 Å². The number of fused-ring (bicyclic) bond motifs is 1. The van der Waals surface area contributed by atoms with Gasteiger partial charge in [-0.25, -0.2) is 0 Å². The van der Waals surface area contributed by atoms with Crippen molar-refractivity contribution < 1.29 is 4.52 Å². The first kappa shape index (κ1) is 11.7. The minimum absolute atomic E-state index is 0.391. The van der Waals surface area contributed by atoms with E-state index in [9.17, 15) is 0 Å². The number of piperidine rings is 1. The van der Waals surface area contributed by atoms with Gasteiger partial charge in [-0.2, -0.15) is 4.98 Å². The van der Waals surface area contributed by atoms with Gasteiger partial charge in [0.25, 0.3) is 0 Å². The standard InChI is InChI=1S/C15H16N4O/c1-2-4-13-11(3-1)12(9-17-13)14-18-15(20-19-14)10-5-7-16-8-6-10/h1-4,9-10,16-17H,5-8H2. The minimum atomic E-state index is 0.391. The summed E-state index contributed by atoms with van der Waals surface area (Å²) in [7, 11) is 0. The Labute approximate surface area is 116 Å². The molecule has 0 unspecified atom stereocenters. The lowest BCUT2D eigenvalue weighted by Crippen LogP contribution is -2.26. The van der Waals surface area contributed by atoms with E-state index in [1.54, 1.807) is 0 Å². The number of nitrogens with one attached hydrogen (secondary N) is 2. The number of hydrogen-bond acceptors (Lipinski definition) is 4. The lowest BCUT2D eigenvalue weighted by molar-refractivity contribution is 0.320. The number of aromatic nitrogens is 3. The second-order valence-corrected chi connectivity index (χ2v) is 5.23. The molecule has 1 aliphatic rings. The quantitative estimate of drug-likeness (QED) is 0.750. The molecule has 4 rings (SSSR count). The van der Waals surface area contributed by atoms with Gasteiger partial charge in [0.05, 0.1) is 0 Å². The van der Waals surface area contributed by atoms with Crippen molar-refractivity contribution in [3.63, 3.8) is 0 Å². The molecule has 3 heterocycles. The van der Waals surface area contributed by atoms with Gasteiger partial charge in [-0.15, -0.1) is 0 Å². The molecule has 5 nitrogen and oxygen atoms in total. The maximum Gasteiger partial charge on any atom is 0.230 e. The molecule has 1 saturated heterocycles. The van der Waals surface area contributed by atoms with Crippen molar-refractivity contribution in [2.24, 2.45) is 0 Å². The molecule has 1 aromatic carbocycles. The van der Waals surface area contributed by atoms with Crippen LogP contribution >= 0.6 is 0 Å². The predicted molar refractivity (Wildman–Crippen MR) is 76.4 cm³/mol. The van der Waals surface area contributed by atoms with E-state index < -0.39 is 0 Å². The van der Waals surface area contributed by atoms with Crippen LogP contribution < -0.4 is 5.32 Å². The third-order valence-corrected chi connectivity index (χ3v) is 3.96. The number of para-hydroxylation sites is 1. The van der Waals surface area contributed by atoms with Crippen molar-refractivity contribution in [1.82, 2.24) is 20.4 Å². The summed E-state index contributed by atoms with van der Waals surface area (Å²) in [5.41, 5.74) is 2.10. The van der Waals surface area contributed by atoms with Crippen molar-refractivity contribution in [3.8, 4) is 11.4 Å². The highest BCUT2D eigenvalue weighted by Gasteiger charge is 2.22. The summed E-state index contributed by atoms with van der Waals surface area (Å²) in [4.78, 5) is 7.84. The Kier molecular flexibility index (Phi) is 2.77. The first-order valence-electron chi connectivity index (χ1n) is 7.02. The summed E-state index contributed by atoms with van der Waals surface area (Å²) in [5.74, 6) is 1.84. The predicted octanol–water partition coefficient (Wildman–Crippen LogP) is 2.68. The SMILES string of the molecule is c1ccc2c(-c3noc(C4CCNCC4)n3)c[nH]c2c1. The molecule has 20 heavy (non-hydrogen) atoms. The third kappa shape index (κ3) is 1.91. The van der Waals surface area contributed by atoms with Crippen LogP contribution in [0.1, 0.15) is 24.7 Å². The van der Waals surface area contributed by atoms with Crippen molar-refractivity contribution in [1.29, 1.82) is 0 Å². The Balaban J connectivity index is 1.70. The molecule has 0 atom stereocenters. The monoisotopic (exact) mass is 268 g/mol. The molecule has 3 aromatic rings. The molecule has 0 saturated carbocycles. The molecule has 0 spiro atoms. The van der Waals surface area contributed by atoms with E-state index in [1.165, 1.54) is 0 Å². The fourth-order valence-electron chi connectivity index (χ4n) is 2.84. The summed E-state index contributed by atoms with van der Waals surface area (Å²) >= 11 is 0. The Hall–Kier alpha value is -2.14. The number of rotatable bonds is 2. The zero-order valence-corrected chi connectivity index (χ0v) is 11.1. The van der Waals surface area contributed by atoms with Gasteiger partial charge in [-0.1, -0.05) is 23.4 Å². The van der Waals surface area contributed by atoms with Crippen LogP contribution in [0, 0.1) is 0 Å². The normalized spacial score (nSPS) is 16.8. The van der Waals surface area contributed by atoms with E-state index in [1.807, 2.05) is 24.4 Å². The summed E-state index contributed by atoms with van der Waals surface area (Å²) in [6, 6.07) is 8.15. The molecule has 0 amide bonds. The van der Waals surface area contributed by atoms with E-state index in [4.69, 9.17) is 4.52 Å². The van der Waals surface area contributed by atoms with Crippen LogP contribution in [0.25, 0.3) is 22.3 Å². The zero-order chi connectivity index (χ0) is 13.4. The van der Waals surface area contributed by atoms with Crippen LogP contribution in [0.3, 0.4) is 0 Å². The number of benzene rings is 1. The van der Waals surface area contributed by atoms with Gasteiger partial charge in [-0.3, -0.25) is 0 Å². The van der Waals surface area contributed by atoms with Gasteiger partial charge >= 0.3 is 0 Å². The molecular formula is C15H16N4O. The minimum Gasteiger partial charge on any atom is -0.360 e. The van der Waals surface area contributed by atoms with E-state index >= 15 is 0 Å². The van der Waals surface area contributed by atoms with Crippen LogP contribution in [-0.2, 0) is 0 Å². The van der Waals surface area contributed by atoms with Crippen LogP contribution in [0.5, 0.6) is 0 Å². The highest BCUT2D eigenvalue weighted by Crippen LogP contribution is 2.29. The molecule has 102 valence electrons. The maximum atomic E-state index is 5.47. The van der Waals surface area contributed by atoms with Crippen molar-refractivity contribution >= 4 is 10.9 Å². The smallest absolute Gasteiger partial charge is 0.230 e. The highest BCUT2D eigenvalue weighted by molar-refractivity contribution is 5.93. The summed E-state index contributed by atoms with van der Waals surface area (Å²) < 4.78 is 5.47. The molecule has 0 radical (unpaired) electrons. The average Bonchev–Trinajstić information content (AvgIpc) is 3.14. The average molecular weight is 268 g/mol. The number of nitrogens with zero attached hydrogens (tertiary/aromatic N) is 2. The van der Waals surface area contributed by atoms with E-state index in [-0.39, 0.29) is 0 Å². The van der Waals surface area contributed by atoms with Gasteiger partial charge in [0.1, 0.15) is 0 Å². The van der Waals surface area contributed by atoms with Crippen LogP contribution in [-0.4, -0.2) is 28.2 Å². The van der Waals surface area contributed by atoms with E-state index in [0.29, 0.717) is 11.7 Å². The summed E-state index contributed by atoms with van der Waals surface area (Å²) in [6.45, 7) is 2.05. The molecule has 1 aliphatic heterocycles. The van der Waals surface area contributed by atoms with Crippen molar-refractivity contribution in [2.75, 3.05) is 13.1 Å². The lowest BCUT2D eigenvalue weighted by Gasteiger charge is -2.18. The first-order valence-corrected chi connectivity index (χ1v) is 7.02. The topological polar surface area (TPSA) is 66.7 Å². The Bertz CT molecular complexity index is 724. The zero-order valence-electron chi connectivity index (χ0n) is 11.1. The van der Waals surface area contributed by atoms with Gasteiger partial charge in [-0.05, 0) is 32.0 Å². The van der Waals surface area contributed by atoms with Crippen LogP contribution in [0.2, 0.25) is 0 Å². The van der Waals surface area contributed by atoms with Gasteiger partial charge in [0, 0.05) is 28.6 Å². The number of H-pyrrole nitrogens is 1. The van der Waals surface area contributed by atoms with E-state index in [0.717, 1.165) is 48.3 Å². The van der Waals surface area contributed by atoms with Crippen LogP contribution in [0.4, 0.5) is 0 Å². The largest absolute Gasteiger partial charge is 0.360 e. The lowest BCUT2D eigenvalue weighted by atomic mass is 9.98. The van der Waals surface area contributed by atoms with Gasteiger partial charge in [0.2, 0.25) is 11.7 Å². The molecule has 1 fully saturated rings. The molecule has 0 aliphatic carbocycles. The summed E-state index contributed by atoms with van der Waals surface area (Å²) in [5, 5.41) is 8.64. The van der Waals surface area contributed by atoms with Gasteiger partial charge in [0.15, 0.2) is 0 Å². The molecule has 2 aromatic heterocycles. The molecular weight excluding hydrogens is 252 g/mol. The molecule has 2 N–H and O–H groups in total. The highest BCUT2D eigenvalue weighted by atomic mass is 16.5.